The molecule has 4 aromatic rings. The number of anilines is 1. The zero-order valence-electron chi connectivity index (χ0n) is 23.3. The fraction of sp³-hybridized carbons (Fsp3) is 0.355. The van der Waals surface area contributed by atoms with Crippen LogP contribution in [0.2, 0.25) is 0 Å². The van der Waals surface area contributed by atoms with Gasteiger partial charge in [0.2, 0.25) is 5.76 Å². The fourth-order valence-electron chi connectivity index (χ4n) is 4.90. The Hall–Kier alpha value is -3.98. The number of carbonyl (C=O) groups is 2. The van der Waals surface area contributed by atoms with Gasteiger partial charge in [0.25, 0.3) is 5.91 Å². The zero-order valence-corrected chi connectivity index (χ0v) is 24.1. The van der Waals surface area contributed by atoms with Crippen LogP contribution in [0.3, 0.4) is 0 Å². The third-order valence-electron chi connectivity index (χ3n) is 7.15. The number of aryl methyl sites for hydroxylation is 3. The van der Waals surface area contributed by atoms with Crippen LogP contribution in [0.15, 0.2) is 45.6 Å². The van der Waals surface area contributed by atoms with Gasteiger partial charge in [-0.05, 0) is 75.1 Å². The smallest absolute Gasteiger partial charge is 0.350 e. The summed E-state index contributed by atoms with van der Waals surface area (Å²) in [6.07, 6.45) is 3.17. The Bertz CT molecular complexity index is 1650. The topological polar surface area (TPSA) is 98.9 Å². The molecule has 9 heteroatoms. The Kier molecular flexibility index (Phi) is 7.76. The minimum absolute atomic E-state index is 0.0174. The molecule has 0 spiro atoms. The Morgan fingerprint density at radius 2 is 1.77 bits per heavy atom. The number of amides is 1. The van der Waals surface area contributed by atoms with Gasteiger partial charge < -0.3 is 13.9 Å². The number of fused-ring (bicyclic) bond motifs is 2. The highest BCUT2D eigenvalue weighted by molar-refractivity contribution is 7.17. The maximum absolute atomic E-state index is 14.0. The van der Waals surface area contributed by atoms with Crippen molar-refractivity contribution < 1.29 is 23.5 Å². The van der Waals surface area contributed by atoms with Crippen molar-refractivity contribution in [3.05, 3.63) is 85.2 Å². The predicted octanol–water partition coefficient (Wildman–Crippen LogP) is 6.67. The van der Waals surface area contributed by atoms with Gasteiger partial charge in [0.1, 0.15) is 16.2 Å². The molecule has 3 heterocycles. The van der Waals surface area contributed by atoms with Crippen LogP contribution in [-0.4, -0.2) is 30.1 Å². The number of ether oxygens (including phenoxy) is 2. The molecule has 1 amide bonds. The Balaban J connectivity index is 1.64. The molecule has 1 aliphatic rings. The van der Waals surface area contributed by atoms with Crippen molar-refractivity contribution in [1.29, 1.82) is 0 Å². The van der Waals surface area contributed by atoms with E-state index in [1.54, 1.807) is 26.0 Å². The number of rotatable bonds is 9. The maximum Gasteiger partial charge on any atom is 0.350 e. The molecule has 2 aromatic carbocycles. The lowest BCUT2D eigenvalue weighted by atomic mass is 9.97. The molecule has 40 heavy (non-hydrogen) atoms. The molecule has 0 fully saturated rings. The van der Waals surface area contributed by atoms with Crippen molar-refractivity contribution in [2.45, 2.75) is 59.9 Å². The number of hydrogen-bond donors (Lipinski definition) is 0. The third kappa shape index (κ3) is 4.90. The van der Waals surface area contributed by atoms with E-state index in [1.807, 2.05) is 38.1 Å². The van der Waals surface area contributed by atoms with Crippen LogP contribution in [0.5, 0.6) is 5.75 Å². The number of aromatic nitrogens is 1. The highest BCUT2D eigenvalue weighted by atomic mass is 32.1. The van der Waals surface area contributed by atoms with E-state index in [0.29, 0.717) is 39.5 Å². The van der Waals surface area contributed by atoms with Crippen molar-refractivity contribution in [1.82, 2.24) is 4.98 Å². The van der Waals surface area contributed by atoms with E-state index in [9.17, 15) is 14.4 Å². The van der Waals surface area contributed by atoms with Crippen molar-refractivity contribution in [2.75, 3.05) is 18.1 Å². The molecule has 0 aliphatic carbocycles. The van der Waals surface area contributed by atoms with Crippen LogP contribution in [0.25, 0.3) is 11.0 Å². The zero-order chi connectivity index (χ0) is 28.6. The molecule has 0 radical (unpaired) electrons. The van der Waals surface area contributed by atoms with Gasteiger partial charge in [0, 0.05) is 0 Å². The molecule has 5 rings (SSSR count). The van der Waals surface area contributed by atoms with E-state index in [4.69, 9.17) is 13.9 Å². The van der Waals surface area contributed by atoms with E-state index in [1.165, 1.54) is 4.90 Å². The average molecular weight is 561 g/mol. The fourth-order valence-corrected chi connectivity index (χ4v) is 5.89. The standard InChI is InChI=1S/C31H32N2O6S/c1-6-8-9-14-38-21-12-10-20(11-13-21)25-24-26(34)22-15-17(3)18(4)16-23(22)39-27(24)29(35)33(25)31-32-19(5)28(40-31)30(36)37-7-2/h10-13,15-16,25H,6-9,14H2,1-5H3. The summed E-state index contributed by atoms with van der Waals surface area (Å²) in [6.45, 7) is 10.3. The summed E-state index contributed by atoms with van der Waals surface area (Å²) < 4.78 is 17.2. The largest absolute Gasteiger partial charge is 0.494 e. The van der Waals surface area contributed by atoms with Crippen LogP contribution in [0, 0.1) is 20.8 Å². The minimum Gasteiger partial charge on any atom is -0.494 e. The van der Waals surface area contributed by atoms with Crippen molar-refractivity contribution in [3.8, 4) is 5.75 Å². The van der Waals surface area contributed by atoms with Crippen LogP contribution in [0.1, 0.15) is 87.3 Å². The quantitative estimate of drug-likeness (QED) is 0.166. The highest BCUT2D eigenvalue weighted by Crippen LogP contribution is 2.43. The normalized spacial score (nSPS) is 14.6. The second-order valence-corrected chi connectivity index (χ2v) is 10.9. The molecule has 2 aromatic heterocycles. The molecule has 0 bridgehead atoms. The van der Waals surface area contributed by atoms with Gasteiger partial charge in [-0.15, -0.1) is 0 Å². The number of unbranched alkanes of at least 4 members (excludes halogenated alkanes) is 2. The molecule has 1 aliphatic heterocycles. The van der Waals surface area contributed by atoms with Crippen LogP contribution < -0.4 is 15.1 Å². The minimum atomic E-state index is -0.792. The first-order valence-electron chi connectivity index (χ1n) is 13.5. The number of esters is 1. The summed E-state index contributed by atoms with van der Waals surface area (Å²) in [4.78, 5) is 46.8. The molecule has 0 saturated heterocycles. The first-order valence-corrected chi connectivity index (χ1v) is 14.4. The SMILES string of the molecule is CCCCCOc1ccc(C2c3c(oc4cc(C)c(C)cc4c3=O)C(=O)N2c2nc(C)c(C(=O)OCC)s2)cc1. The summed E-state index contributed by atoms with van der Waals surface area (Å²) in [5, 5.41) is 0.706. The predicted molar refractivity (Wildman–Crippen MR) is 155 cm³/mol. The molecular weight excluding hydrogens is 528 g/mol. The summed E-state index contributed by atoms with van der Waals surface area (Å²) in [6, 6.07) is 10.2. The number of nitrogens with zero attached hydrogens (tertiary/aromatic N) is 2. The number of carbonyl (C=O) groups excluding carboxylic acids is 2. The summed E-state index contributed by atoms with van der Waals surface area (Å²) in [7, 11) is 0. The maximum atomic E-state index is 14.0. The van der Waals surface area contributed by atoms with Crippen LogP contribution in [-0.2, 0) is 4.74 Å². The van der Waals surface area contributed by atoms with Gasteiger partial charge in [0.05, 0.1) is 35.9 Å². The van der Waals surface area contributed by atoms with E-state index >= 15 is 0 Å². The number of thiazole rings is 1. The number of benzene rings is 2. The van der Waals surface area contributed by atoms with Crippen LogP contribution >= 0.6 is 11.3 Å². The third-order valence-corrected chi connectivity index (χ3v) is 8.29. The Labute approximate surface area is 236 Å². The van der Waals surface area contributed by atoms with Gasteiger partial charge in [0.15, 0.2) is 10.6 Å². The second-order valence-electron chi connectivity index (χ2n) is 9.94. The van der Waals surface area contributed by atoms with Gasteiger partial charge in [-0.1, -0.05) is 43.2 Å². The van der Waals surface area contributed by atoms with Crippen molar-refractivity contribution >= 4 is 39.3 Å². The molecule has 1 unspecified atom stereocenters. The lowest BCUT2D eigenvalue weighted by molar-refractivity contribution is 0.0531. The highest BCUT2D eigenvalue weighted by Gasteiger charge is 2.45. The lowest BCUT2D eigenvalue weighted by Gasteiger charge is -2.22. The molecule has 0 saturated carbocycles. The van der Waals surface area contributed by atoms with Crippen molar-refractivity contribution in [3.63, 3.8) is 0 Å². The van der Waals surface area contributed by atoms with E-state index < -0.39 is 17.9 Å². The van der Waals surface area contributed by atoms with Gasteiger partial charge in [-0.25, -0.2) is 9.78 Å². The van der Waals surface area contributed by atoms with E-state index in [-0.39, 0.29) is 28.5 Å². The second kappa shape index (κ2) is 11.3. The average Bonchev–Trinajstić information content (AvgIpc) is 3.45. The molecule has 8 nitrogen and oxygen atoms in total. The Morgan fingerprint density at radius 3 is 2.48 bits per heavy atom. The molecule has 0 N–H and O–H groups in total. The molecule has 208 valence electrons. The van der Waals surface area contributed by atoms with Crippen LogP contribution in [0.4, 0.5) is 5.13 Å². The summed E-state index contributed by atoms with van der Waals surface area (Å²) >= 11 is 1.06. The van der Waals surface area contributed by atoms with Gasteiger partial charge in [-0.2, -0.15) is 0 Å². The van der Waals surface area contributed by atoms with Crippen molar-refractivity contribution in [2.24, 2.45) is 0 Å². The van der Waals surface area contributed by atoms with E-state index in [2.05, 4.69) is 11.9 Å². The summed E-state index contributed by atoms with van der Waals surface area (Å²) in [5.41, 5.74) is 3.41. The first kappa shape index (κ1) is 27.6. The summed E-state index contributed by atoms with van der Waals surface area (Å²) in [5.74, 6) is -0.292. The lowest BCUT2D eigenvalue weighted by Crippen LogP contribution is -2.29. The number of hydrogen-bond acceptors (Lipinski definition) is 8. The van der Waals surface area contributed by atoms with Gasteiger partial charge >= 0.3 is 5.97 Å². The molecular formula is C31H32N2O6S. The monoisotopic (exact) mass is 560 g/mol. The molecule has 1 atom stereocenters. The van der Waals surface area contributed by atoms with Gasteiger partial charge in [-0.3, -0.25) is 14.5 Å². The Morgan fingerprint density at radius 1 is 1.05 bits per heavy atom. The van der Waals surface area contributed by atoms with E-state index in [0.717, 1.165) is 41.7 Å². The first-order chi connectivity index (χ1) is 19.2.